The third kappa shape index (κ3) is 5.40. The third-order valence-electron chi connectivity index (χ3n) is 4.72. The van der Waals surface area contributed by atoms with Gasteiger partial charge >= 0.3 is 0 Å². The maximum atomic E-state index is 13.4. The van der Waals surface area contributed by atoms with E-state index in [1.54, 1.807) is 25.1 Å². The Balaban J connectivity index is 1.75. The van der Waals surface area contributed by atoms with Crippen LogP contribution >= 0.6 is 15.9 Å². The van der Waals surface area contributed by atoms with Crippen LogP contribution < -0.4 is 19.5 Å². The SMILES string of the molecule is CCOc1ccc(Nc2nc3ccccc3nc2NS(=O)(=O)c2cc(Br)ccc2OCC)cc1. The number of aromatic nitrogens is 2. The number of sulfonamides is 1. The van der Waals surface area contributed by atoms with Crippen LogP contribution in [0, 0.1) is 0 Å². The number of nitrogens with one attached hydrogen (secondary N) is 2. The van der Waals surface area contributed by atoms with Crippen LogP contribution in [0.25, 0.3) is 11.0 Å². The number of benzene rings is 3. The van der Waals surface area contributed by atoms with Gasteiger partial charge < -0.3 is 14.8 Å². The average molecular weight is 543 g/mol. The maximum Gasteiger partial charge on any atom is 0.266 e. The molecule has 10 heteroatoms. The number of para-hydroxylation sites is 2. The smallest absolute Gasteiger partial charge is 0.266 e. The molecule has 0 radical (unpaired) electrons. The van der Waals surface area contributed by atoms with E-state index in [0.717, 1.165) is 5.75 Å². The van der Waals surface area contributed by atoms with Crippen molar-refractivity contribution >= 4 is 54.3 Å². The topological polar surface area (TPSA) is 102 Å². The zero-order valence-corrected chi connectivity index (χ0v) is 21.0. The molecule has 2 N–H and O–H groups in total. The number of nitrogens with zero attached hydrogens (tertiary/aromatic N) is 2. The summed E-state index contributed by atoms with van der Waals surface area (Å²) < 4.78 is 41.0. The lowest BCUT2D eigenvalue weighted by Gasteiger charge is -2.16. The molecule has 8 nitrogen and oxygen atoms in total. The second-order valence-corrected chi connectivity index (χ2v) is 9.69. The molecule has 4 aromatic rings. The van der Waals surface area contributed by atoms with Crippen molar-refractivity contribution in [3.8, 4) is 11.5 Å². The van der Waals surface area contributed by atoms with E-state index in [-0.39, 0.29) is 22.3 Å². The summed E-state index contributed by atoms with van der Waals surface area (Å²) in [6.07, 6.45) is 0. The van der Waals surface area contributed by atoms with Crippen LogP contribution in [-0.4, -0.2) is 31.6 Å². The molecule has 0 atom stereocenters. The molecule has 0 saturated heterocycles. The molecule has 0 bridgehead atoms. The van der Waals surface area contributed by atoms with Gasteiger partial charge in [0.2, 0.25) is 0 Å². The van der Waals surface area contributed by atoms with E-state index in [1.165, 1.54) is 6.07 Å². The molecule has 0 unspecified atom stereocenters. The van der Waals surface area contributed by atoms with E-state index in [9.17, 15) is 8.42 Å². The minimum absolute atomic E-state index is 0.00861. The monoisotopic (exact) mass is 542 g/mol. The highest BCUT2D eigenvalue weighted by atomic mass is 79.9. The zero-order valence-electron chi connectivity index (χ0n) is 18.6. The molecule has 34 heavy (non-hydrogen) atoms. The van der Waals surface area contributed by atoms with Gasteiger partial charge in [-0.2, -0.15) is 0 Å². The van der Waals surface area contributed by atoms with Crippen molar-refractivity contribution < 1.29 is 17.9 Å². The van der Waals surface area contributed by atoms with E-state index >= 15 is 0 Å². The molecule has 0 aliphatic rings. The Morgan fingerprint density at radius 1 is 0.853 bits per heavy atom. The molecule has 0 saturated carbocycles. The van der Waals surface area contributed by atoms with Gasteiger partial charge in [0.15, 0.2) is 11.6 Å². The molecule has 0 fully saturated rings. The number of anilines is 3. The van der Waals surface area contributed by atoms with Gasteiger partial charge in [-0.1, -0.05) is 28.1 Å². The van der Waals surface area contributed by atoms with Gasteiger partial charge in [-0.15, -0.1) is 0 Å². The Morgan fingerprint density at radius 3 is 2.15 bits per heavy atom. The summed E-state index contributed by atoms with van der Waals surface area (Å²) >= 11 is 3.34. The molecule has 0 spiro atoms. The van der Waals surface area contributed by atoms with Crippen molar-refractivity contribution in [2.24, 2.45) is 0 Å². The lowest BCUT2D eigenvalue weighted by Crippen LogP contribution is -2.17. The quantitative estimate of drug-likeness (QED) is 0.278. The van der Waals surface area contributed by atoms with Gasteiger partial charge in [-0.05, 0) is 68.4 Å². The Morgan fingerprint density at radius 2 is 1.50 bits per heavy atom. The number of fused-ring (bicyclic) bond motifs is 1. The first-order chi connectivity index (χ1) is 16.4. The molecular formula is C24H23BrN4O4S. The number of rotatable bonds is 9. The van der Waals surface area contributed by atoms with Crippen LogP contribution in [0.2, 0.25) is 0 Å². The van der Waals surface area contributed by atoms with Crippen molar-refractivity contribution in [2.45, 2.75) is 18.7 Å². The molecule has 0 aliphatic carbocycles. The lowest BCUT2D eigenvalue weighted by molar-refractivity contribution is 0.331. The summed E-state index contributed by atoms with van der Waals surface area (Å²) in [5, 5.41) is 3.16. The first kappa shape index (κ1) is 23.8. The molecule has 4 rings (SSSR count). The fraction of sp³-hybridized carbons (Fsp3) is 0.167. The van der Waals surface area contributed by atoms with Crippen LogP contribution in [0.3, 0.4) is 0 Å². The first-order valence-electron chi connectivity index (χ1n) is 10.6. The maximum absolute atomic E-state index is 13.4. The van der Waals surface area contributed by atoms with Crippen LogP contribution in [0.4, 0.5) is 17.3 Å². The van der Waals surface area contributed by atoms with Gasteiger partial charge in [0.1, 0.15) is 16.4 Å². The van der Waals surface area contributed by atoms with Gasteiger partial charge in [0.05, 0.1) is 24.2 Å². The van der Waals surface area contributed by atoms with Crippen LogP contribution in [0.15, 0.2) is 76.1 Å². The fourth-order valence-corrected chi connectivity index (χ4v) is 4.94. The summed E-state index contributed by atoms with van der Waals surface area (Å²) in [7, 11) is -4.05. The van der Waals surface area contributed by atoms with Crippen LogP contribution in [-0.2, 0) is 10.0 Å². The van der Waals surface area contributed by atoms with E-state index in [0.29, 0.717) is 34.4 Å². The van der Waals surface area contributed by atoms with Crippen molar-refractivity contribution in [1.29, 1.82) is 0 Å². The minimum atomic E-state index is -4.05. The highest BCUT2D eigenvalue weighted by molar-refractivity contribution is 9.10. The van der Waals surface area contributed by atoms with Crippen LogP contribution in [0.5, 0.6) is 11.5 Å². The molecule has 3 aromatic carbocycles. The van der Waals surface area contributed by atoms with E-state index in [1.807, 2.05) is 49.4 Å². The summed E-state index contributed by atoms with van der Waals surface area (Å²) in [5.74, 6) is 1.30. The van der Waals surface area contributed by atoms with Gasteiger partial charge in [0.25, 0.3) is 10.0 Å². The fourth-order valence-electron chi connectivity index (χ4n) is 3.25. The summed E-state index contributed by atoms with van der Waals surface area (Å²) in [6.45, 7) is 4.59. The molecule has 1 heterocycles. The lowest BCUT2D eigenvalue weighted by atomic mass is 10.3. The van der Waals surface area contributed by atoms with Gasteiger partial charge in [-0.3, -0.25) is 4.72 Å². The Kier molecular flexibility index (Phi) is 7.18. The normalized spacial score (nSPS) is 11.3. The predicted molar refractivity (Wildman–Crippen MR) is 137 cm³/mol. The number of ether oxygens (including phenoxy) is 2. The first-order valence-corrected chi connectivity index (χ1v) is 12.9. The highest BCUT2D eigenvalue weighted by Gasteiger charge is 2.23. The summed E-state index contributed by atoms with van der Waals surface area (Å²) in [5.41, 5.74) is 1.87. The summed E-state index contributed by atoms with van der Waals surface area (Å²) in [4.78, 5) is 9.14. The molecule has 0 aliphatic heterocycles. The standard InChI is InChI=1S/C24H23BrN4O4S/c1-3-32-18-12-10-17(11-13-18)26-23-24(28-20-8-6-5-7-19(20)27-23)29-34(30,31)22-15-16(25)9-14-21(22)33-4-2/h5-15H,3-4H2,1-2H3,(H,26,27)(H,28,29). The van der Waals surface area contributed by atoms with E-state index in [4.69, 9.17) is 9.47 Å². The molecule has 0 amide bonds. The van der Waals surface area contributed by atoms with Crippen molar-refractivity contribution in [3.05, 3.63) is 71.2 Å². The summed E-state index contributed by atoms with van der Waals surface area (Å²) in [6, 6.07) is 19.3. The second-order valence-electron chi connectivity index (χ2n) is 7.12. The van der Waals surface area contributed by atoms with E-state index in [2.05, 4.69) is 35.9 Å². The van der Waals surface area contributed by atoms with Crippen molar-refractivity contribution in [2.75, 3.05) is 23.3 Å². The number of hydrogen-bond donors (Lipinski definition) is 2. The van der Waals surface area contributed by atoms with Crippen molar-refractivity contribution in [3.63, 3.8) is 0 Å². The third-order valence-corrected chi connectivity index (χ3v) is 6.58. The van der Waals surface area contributed by atoms with Crippen molar-refractivity contribution in [1.82, 2.24) is 9.97 Å². The average Bonchev–Trinajstić information content (AvgIpc) is 2.82. The zero-order chi connectivity index (χ0) is 24.1. The van der Waals surface area contributed by atoms with E-state index < -0.39 is 10.0 Å². The Labute approximate surface area is 206 Å². The molecule has 1 aromatic heterocycles. The molecular weight excluding hydrogens is 520 g/mol. The van der Waals surface area contributed by atoms with Crippen LogP contribution in [0.1, 0.15) is 13.8 Å². The molecule has 176 valence electrons. The van der Waals surface area contributed by atoms with Gasteiger partial charge in [-0.25, -0.2) is 18.4 Å². The largest absolute Gasteiger partial charge is 0.494 e. The second kappa shape index (κ2) is 10.3. The predicted octanol–water partition coefficient (Wildman–Crippen LogP) is 5.73. The Bertz CT molecular complexity index is 1410. The number of halogens is 1. The minimum Gasteiger partial charge on any atom is -0.494 e. The number of hydrogen-bond acceptors (Lipinski definition) is 7. The highest BCUT2D eigenvalue weighted by Crippen LogP contribution is 2.32. The Hall–Kier alpha value is -3.37. The van der Waals surface area contributed by atoms with Gasteiger partial charge in [0, 0.05) is 10.2 Å².